The zero-order chi connectivity index (χ0) is 19.8. The van der Waals surface area contributed by atoms with Crippen LogP contribution >= 0.6 is 0 Å². The maximum absolute atomic E-state index is 12.6. The molecule has 0 aliphatic heterocycles. The lowest BCUT2D eigenvalue weighted by atomic mass is 9.86. The van der Waals surface area contributed by atoms with E-state index in [1.54, 1.807) is 6.07 Å². The van der Waals surface area contributed by atoms with E-state index in [1.165, 1.54) is 18.2 Å². The van der Waals surface area contributed by atoms with Crippen molar-refractivity contribution in [3.05, 3.63) is 70.3 Å². The summed E-state index contributed by atoms with van der Waals surface area (Å²) >= 11 is 0. The monoisotopic (exact) mass is 370 g/mol. The van der Waals surface area contributed by atoms with Gasteiger partial charge in [-0.3, -0.25) is 19.7 Å². The SMILES string of the molecule is CC[C@@H](C)[C@@H](C(=O)OCC(=O)Nc1ccccc1[N+](=O)[O-])c1ccccc1. The molecule has 2 atom stereocenters. The second kappa shape index (κ2) is 9.47. The minimum atomic E-state index is -0.631. The van der Waals surface area contributed by atoms with E-state index in [2.05, 4.69) is 5.32 Å². The largest absolute Gasteiger partial charge is 0.455 e. The molecule has 1 amide bonds. The topological polar surface area (TPSA) is 98.5 Å². The molecule has 0 bridgehead atoms. The van der Waals surface area contributed by atoms with Crippen LogP contribution in [0.25, 0.3) is 0 Å². The first-order valence-corrected chi connectivity index (χ1v) is 8.68. The Labute approximate surface area is 157 Å². The molecule has 0 saturated heterocycles. The number of carbonyl (C=O) groups excluding carboxylic acids is 2. The van der Waals surface area contributed by atoms with Gasteiger partial charge >= 0.3 is 5.97 Å². The summed E-state index contributed by atoms with van der Waals surface area (Å²) in [6.07, 6.45) is 0.775. The van der Waals surface area contributed by atoms with E-state index < -0.39 is 29.3 Å². The third-order valence-corrected chi connectivity index (χ3v) is 4.35. The van der Waals surface area contributed by atoms with Gasteiger partial charge in [-0.25, -0.2) is 0 Å². The Morgan fingerprint density at radius 3 is 2.37 bits per heavy atom. The van der Waals surface area contributed by atoms with Crippen LogP contribution in [0.5, 0.6) is 0 Å². The first kappa shape index (κ1) is 20.1. The summed E-state index contributed by atoms with van der Waals surface area (Å²) in [4.78, 5) is 35.1. The summed E-state index contributed by atoms with van der Waals surface area (Å²) in [7, 11) is 0. The molecule has 7 heteroatoms. The van der Waals surface area contributed by atoms with Gasteiger partial charge in [-0.1, -0.05) is 62.7 Å². The summed E-state index contributed by atoms with van der Waals surface area (Å²) in [5.74, 6) is -1.56. The molecule has 7 nitrogen and oxygen atoms in total. The Balaban J connectivity index is 2.03. The Bertz CT molecular complexity index is 807. The lowest BCUT2D eigenvalue weighted by Gasteiger charge is -2.21. The van der Waals surface area contributed by atoms with Crippen molar-refractivity contribution < 1.29 is 19.2 Å². The van der Waals surface area contributed by atoms with Crippen LogP contribution in [0.1, 0.15) is 31.7 Å². The number of carbonyl (C=O) groups is 2. The second-order valence-electron chi connectivity index (χ2n) is 6.20. The number of amides is 1. The van der Waals surface area contributed by atoms with Gasteiger partial charge in [-0.05, 0) is 17.5 Å². The van der Waals surface area contributed by atoms with Gasteiger partial charge in [0.25, 0.3) is 11.6 Å². The number of nitrogens with zero attached hydrogens (tertiary/aromatic N) is 1. The van der Waals surface area contributed by atoms with Crippen molar-refractivity contribution >= 4 is 23.3 Å². The average Bonchev–Trinajstić information content (AvgIpc) is 2.67. The number of anilines is 1. The number of nitro benzene ring substituents is 1. The standard InChI is InChI=1S/C20H22N2O5/c1-3-14(2)19(15-9-5-4-6-10-15)20(24)27-13-18(23)21-16-11-7-8-12-17(16)22(25)26/h4-12,14,19H,3,13H2,1-2H3,(H,21,23)/t14-,19-/m1/s1. The molecule has 2 aromatic rings. The average molecular weight is 370 g/mol. The van der Waals surface area contributed by atoms with Gasteiger partial charge < -0.3 is 10.1 Å². The lowest BCUT2D eigenvalue weighted by molar-refractivity contribution is -0.383. The number of nitro groups is 1. The molecule has 0 fully saturated rings. The predicted octanol–water partition coefficient (Wildman–Crippen LogP) is 3.91. The highest BCUT2D eigenvalue weighted by Crippen LogP contribution is 2.28. The zero-order valence-corrected chi connectivity index (χ0v) is 15.3. The van der Waals surface area contributed by atoms with E-state index >= 15 is 0 Å². The number of nitrogens with one attached hydrogen (secondary N) is 1. The molecule has 0 aliphatic rings. The first-order chi connectivity index (χ1) is 12.9. The fourth-order valence-corrected chi connectivity index (χ4v) is 2.74. The highest BCUT2D eigenvalue weighted by Gasteiger charge is 2.28. The molecular formula is C20H22N2O5. The van der Waals surface area contributed by atoms with Crippen LogP contribution in [0, 0.1) is 16.0 Å². The van der Waals surface area contributed by atoms with Crippen molar-refractivity contribution in [2.75, 3.05) is 11.9 Å². The van der Waals surface area contributed by atoms with Crippen LogP contribution in [0.3, 0.4) is 0 Å². The Morgan fingerprint density at radius 2 is 1.74 bits per heavy atom. The molecular weight excluding hydrogens is 348 g/mol. The van der Waals surface area contributed by atoms with E-state index in [0.29, 0.717) is 0 Å². The molecule has 0 unspecified atom stereocenters. The number of hydrogen-bond acceptors (Lipinski definition) is 5. The third kappa shape index (κ3) is 5.37. The van der Waals surface area contributed by atoms with E-state index in [0.717, 1.165) is 12.0 Å². The fourth-order valence-electron chi connectivity index (χ4n) is 2.74. The number of ether oxygens (including phenoxy) is 1. The zero-order valence-electron chi connectivity index (χ0n) is 15.3. The summed E-state index contributed by atoms with van der Waals surface area (Å²) < 4.78 is 5.20. The van der Waals surface area contributed by atoms with Gasteiger partial charge in [-0.15, -0.1) is 0 Å². The molecule has 2 aromatic carbocycles. The second-order valence-corrected chi connectivity index (χ2v) is 6.20. The quantitative estimate of drug-likeness (QED) is 0.431. The normalized spacial score (nSPS) is 12.7. The van der Waals surface area contributed by atoms with E-state index in [4.69, 9.17) is 4.74 Å². The molecule has 0 aromatic heterocycles. The van der Waals surface area contributed by atoms with Crippen molar-refractivity contribution in [1.82, 2.24) is 0 Å². The smallest absolute Gasteiger partial charge is 0.314 e. The van der Waals surface area contributed by atoms with Gasteiger partial charge in [0.05, 0.1) is 10.8 Å². The molecule has 0 spiro atoms. The highest BCUT2D eigenvalue weighted by molar-refractivity contribution is 5.95. The van der Waals surface area contributed by atoms with Gasteiger partial charge in [0.15, 0.2) is 6.61 Å². The van der Waals surface area contributed by atoms with Gasteiger partial charge in [-0.2, -0.15) is 0 Å². The maximum atomic E-state index is 12.6. The predicted molar refractivity (Wildman–Crippen MR) is 101 cm³/mol. The first-order valence-electron chi connectivity index (χ1n) is 8.68. The van der Waals surface area contributed by atoms with Crippen LogP contribution < -0.4 is 5.32 Å². The van der Waals surface area contributed by atoms with Gasteiger partial charge in [0.2, 0.25) is 0 Å². The van der Waals surface area contributed by atoms with Gasteiger partial charge in [0.1, 0.15) is 5.69 Å². The van der Waals surface area contributed by atoms with E-state index in [9.17, 15) is 19.7 Å². The molecule has 27 heavy (non-hydrogen) atoms. The number of esters is 1. The Hall–Kier alpha value is -3.22. The van der Waals surface area contributed by atoms with Crippen LogP contribution in [-0.2, 0) is 14.3 Å². The van der Waals surface area contributed by atoms with Crippen molar-refractivity contribution in [3.8, 4) is 0 Å². The highest BCUT2D eigenvalue weighted by atomic mass is 16.6. The fraction of sp³-hybridized carbons (Fsp3) is 0.300. The van der Waals surface area contributed by atoms with Crippen LogP contribution in [0.2, 0.25) is 0 Å². The van der Waals surface area contributed by atoms with Crippen LogP contribution in [0.15, 0.2) is 54.6 Å². The number of benzene rings is 2. The van der Waals surface area contributed by atoms with E-state index in [-0.39, 0.29) is 17.3 Å². The number of para-hydroxylation sites is 2. The summed E-state index contributed by atoms with van der Waals surface area (Å²) in [5, 5.41) is 13.4. The Kier molecular flexibility index (Phi) is 7.05. The van der Waals surface area contributed by atoms with E-state index in [1.807, 2.05) is 44.2 Å². The molecule has 0 radical (unpaired) electrons. The van der Waals surface area contributed by atoms with Crippen molar-refractivity contribution in [2.24, 2.45) is 5.92 Å². The molecule has 142 valence electrons. The minimum absolute atomic E-state index is 0.0400. The molecule has 0 aliphatic carbocycles. The summed E-state index contributed by atoms with van der Waals surface area (Å²) in [6, 6.07) is 15.0. The minimum Gasteiger partial charge on any atom is -0.455 e. The van der Waals surface area contributed by atoms with Crippen LogP contribution in [-0.4, -0.2) is 23.4 Å². The van der Waals surface area contributed by atoms with Crippen molar-refractivity contribution in [1.29, 1.82) is 0 Å². The van der Waals surface area contributed by atoms with Crippen LogP contribution in [0.4, 0.5) is 11.4 Å². The molecule has 0 heterocycles. The maximum Gasteiger partial charge on any atom is 0.314 e. The Morgan fingerprint density at radius 1 is 1.11 bits per heavy atom. The third-order valence-electron chi connectivity index (χ3n) is 4.35. The molecule has 0 saturated carbocycles. The summed E-state index contributed by atoms with van der Waals surface area (Å²) in [6.45, 7) is 3.42. The van der Waals surface area contributed by atoms with Gasteiger partial charge in [0, 0.05) is 6.07 Å². The number of rotatable bonds is 8. The summed E-state index contributed by atoms with van der Waals surface area (Å²) in [5.41, 5.74) is 0.667. The molecule has 1 N–H and O–H groups in total. The molecule has 2 rings (SSSR count). The number of hydrogen-bond donors (Lipinski definition) is 1. The van der Waals surface area contributed by atoms with Crippen molar-refractivity contribution in [3.63, 3.8) is 0 Å². The van der Waals surface area contributed by atoms with Crippen molar-refractivity contribution in [2.45, 2.75) is 26.2 Å². The lowest BCUT2D eigenvalue weighted by Crippen LogP contribution is -2.27.